The van der Waals surface area contributed by atoms with E-state index in [1.54, 1.807) is 11.3 Å². The van der Waals surface area contributed by atoms with E-state index in [1.165, 1.54) is 6.42 Å². The predicted molar refractivity (Wildman–Crippen MR) is 108 cm³/mol. The summed E-state index contributed by atoms with van der Waals surface area (Å²) in [5, 5.41) is 14.8. The van der Waals surface area contributed by atoms with Crippen LogP contribution in [-0.4, -0.2) is 39.7 Å². The number of H-pyrrole nitrogens is 1. The fourth-order valence-corrected chi connectivity index (χ4v) is 4.26. The zero-order valence-electron chi connectivity index (χ0n) is 15.2. The first kappa shape index (κ1) is 19.8. The van der Waals surface area contributed by atoms with Gasteiger partial charge in [-0.05, 0) is 36.5 Å². The third-order valence-corrected chi connectivity index (χ3v) is 5.96. The van der Waals surface area contributed by atoms with Crippen molar-refractivity contribution in [3.05, 3.63) is 22.3 Å². The Hall–Kier alpha value is -2.00. The van der Waals surface area contributed by atoms with Gasteiger partial charge in [0.15, 0.2) is 10.6 Å². The Kier molecular flexibility index (Phi) is 7.17. The van der Waals surface area contributed by atoms with E-state index in [-0.39, 0.29) is 17.7 Å². The fourth-order valence-electron chi connectivity index (χ4n) is 3.32. The lowest BCUT2D eigenvalue weighted by Gasteiger charge is -2.20. The average molecular weight is 408 g/mol. The van der Waals surface area contributed by atoms with Crippen LogP contribution in [0.5, 0.6) is 0 Å². The van der Waals surface area contributed by atoms with E-state index in [9.17, 15) is 9.59 Å². The summed E-state index contributed by atoms with van der Waals surface area (Å²) in [6.45, 7) is 1.36. The van der Waals surface area contributed by atoms with Crippen molar-refractivity contribution < 1.29 is 9.59 Å². The Balaban J connectivity index is 1.39. The van der Waals surface area contributed by atoms with E-state index in [2.05, 4.69) is 20.8 Å². The van der Waals surface area contributed by atoms with E-state index in [1.807, 2.05) is 22.1 Å². The number of hydrogen-bond acceptors (Lipinski definition) is 5. The molecule has 2 aromatic heterocycles. The van der Waals surface area contributed by atoms with E-state index in [0.717, 1.165) is 36.4 Å². The van der Waals surface area contributed by atoms with Gasteiger partial charge >= 0.3 is 0 Å². The molecule has 0 spiro atoms. The minimum absolute atomic E-state index is 0.0675. The Bertz CT molecular complexity index is 806. The van der Waals surface area contributed by atoms with Gasteiger partial charge in [0.05, 0.1) is 4.88 Å². The van der Waals surface area contributed by atoms with Crippen molar-refractivity contribution in [3.63, 3.8) is 0 Å². The molecule has 3 rings (SSSR count). The van der Waals surface area contributed by atoms with Crippen molar-refractivity contribution in [2.75, 3.05) is 13.1 Å². The molecule has 2 amide bonds. The lowest BCUT2D eigenvalue weighted by molar-refractivity contribution is -0.126. The van der Waals surface area contributed by atoms with Crippen molar-refractivity contribution in [2.24, 2.45) is 5.92 Å². The summed E-state index contributed by atoms with van der Waals surface area (Å²) in [7, 11) is 0. The standard InChI is InChI=1S/C18H25N5O2S2/c24-15(19-9-10-20-17(25)13-5-2-1-3-6-13)8-11-23-16(21-22-18(23)26)14-7-4-12-27-14/h4,7,12-13H,1-3,5-6,8-11H2,(H,19,24)(H,20,25)(H,22,26). The molecule has 1 saturated carbocycles. The molecule has 2 heterocycles. The van der Waals surface area contributed by atoms with Gasteiger partial charge in [-0.15, -0.1) is 11.3 Å². The van der Waals surface area contributed by atoms with E-state index >= 15 is 0 Å². The Morgan fingerprint density at radius 3 is 2.78 bits per heavy atom. The number of aromatic nitrogens is 3. The molecule has 0 aliphatic heterocycles. The summed E-state index contributed by atoms with van der Waals surface area (Å²) >= 11 is 6.84. The maximum absolute atomic E-state index is 12.1. The molecule has 7 nitrogen and oxygen atoms in total. The molecule has 0 radical (unpaired) electrons. The van der Waals surface area contributed by atoms with E-state index in [4.69, 9.17) is 12.2 Å². The van der Waals surface area contributed by atoms with Crippen LogP contribution in [0.25, 0.3) is 10.7 Å². The van der Waals surface area contributed by atoms with Crippen LogP contribution < -0.4 is 10.6 Å². The molecule has 9 heteroatoms. The van der Waals surface area contributed by atoms with Crippen LogP contribution in [-0.2, 0) is 16.1 Å². The SMILES string of the molecule is O=C(CCn1c(-c2cccs2)n[nH]c1=S)NCCNC(=O)C1CCCCC1. The lowest BCUT2D eigenvalue weighted by Crippen LogP contribution is -2.38. The third kappa shape index (κ3) is 5.49. The molecule has 0 atom stereocenters. The summed E-state index contributed by atoms with van der Waals surface area (Å²) in [5.74, 6) is 0.951. The van der Waals surface area contributed by atoms with Crippen molar-refractivity contribution >= 4 is 35.4 Å². The summed E-state index contributed by atoms with van der Waals surface area (Å²) in [6.07, 6.45) is 5.78. The van der Waals surface area contributed by atoms with Crippen LogP contribution in [0.3, 0.4) is 0 Å². The molecule has 0 unspecified atom stereocenters. The molecule has 1 aliphatic carbocycles. The Morgan fingerprint density at radius 1 is 1.26 bits per heavy atom. The number of carbonyl (C=O) groups excluding carboxylic acids is 2. The van der Waals surface area contributed by atoms with Gasteiger partial charge in [-0.3, -0.25) is 19.3 Å². The van der Waals surface area contributed by atoms with Gasteiger partial charge in [0.1, 0.15) is 0 Å². The molecule has 27 heavy (non-hydrogen) atoms. The minimum Gasteiger partial charge on any atom is -0.354 e. The van der Waals surface area contributed by atoms with Crippen LogP contribution in [0.15, 0.2) is 17.5 Å². The normalized spacial score (nSPS) is 14.8. The minimum atomic E-state index is -0.0675. The maximum atomic E-state index is 12.1. The number of nitrogens with one attached hydrogen (secondary N) is 3. The predicted octanol–water partition coefficient (Wildman–Crippen LogP) is 2.87. The number of carbonyl (C=O) groups is 2. The van der Waals surface area contributed by atoms with Gasteiger partial charge in [-0.2, -0.15) is 5.10 Å². The number of hydrogen-bond donors (Lipinski definition) is 3. The molecular formula is C18H25N5O2S2. The first-order chi connectivity index (χ1) is 13.1. The number of thiophene rings is 1. The van der Waals surface area contributed by atoms with Crippen LogP contribution in [0.4, 0.5) is 0 Å². The van der Waals surface area contributed by atoms with Gasteiger partial charge < -0.3 is 10.6 Å². The number of nitrogens with zero attached hydrogens (tertiary/aromatic N) is 2. The zero-order valence-corrected chi connectivity index (χ0v) is 16.8. The van der Waals surface area contributed by atoms with Crippen LogP contribution in [0.2, 0.25) is 0 Å². The second-order valence-electron chi connectivity index (χ2n) is 6.71. The Labute approximate surface area is 167 Å². The van der Waals surface area contributed by atoms with E-state index in [0.29, 0.717) is 30.8 Å². The van der Waals surface area contributed by atoms with Crippen LogP contribution >= 0.6 is 23.6 Å². The second-order valence-corrected chi connectivity index (χ2v) is 8.04. The van der Waals surface area contributed by atoms with Gasteiger partial charge in [-0.1, -0.05) is 25.3 Å². The topological polar surface area (TPSA) is 91.8 Å². The molecule has 2 aromatic rings. The highest BCUT2D eigenvalue weighted by molar-refractivity contribution is 7.71. The fraction of sp³-hybridized carbons (Fsp3) is 0.556. The van der Waals surface area contributed by atoms with Gasteiger partial charge in [0.2, 0.25) is 11.8 Å². The average Bonchev–Trinajstić information content (AvgIpc) is 3.33. The van der Waals surface area contributed by atoms with Crippen molar-refractivity contribution in [1.82, 2.24) is 25.4 Å². The van der Waals surface area contributed by atoms with Crippen LogP contribution in [0, 0.1) is 10.7 Å². The number of rotatable bonds is 8. The maximum Gasteiger partial charge on any atom is 0.223 e. The highest BCUT2D eigenvalue weighted by atomic mass is 32.1. The summed E-state index contributed by atoms with van der Waals surface area (Å²) in [6, 6.07) is 3.93. The van der Waals surface area contributed by atoms with Gasteiger partial charge in [0, 0.05) is 32.0 Å². The monoisotopic (exact) mass is 407 g/mol. The molecular weight excluding hydrogens is 382 g/mol. The molecule has 146 valence electrons. The zero-order chi connectivity index (χ0) is 19.1. The lowest BCUT2D eigenvalue weighted by atomic mass is 9.89. The first-order valence-electron chi connectivity index (χ1n) is 9.38. The van der Waals surface area contributed by atoms with Gasteiger partial charge in [0.25, 0.3) is 0 Å². The molecule has 3 N–H and O–H groups in total. The molecule has 0 saturated heterocycles. The van der Waals surface area contributed by atoms with Crippen molar-refractivity contribution in [2.45, 2.75) is 45.1 Å². The summed E-state index contributed by atoms with van der Waals surface area (Å²) in [4.78, 5) is 25.2. The third-order valence-electron chi connectivity index (χ3n) is 4.78. The molecule has 0 bridgehead atoms. The molecule has 1 fully saturated rings. The smallest absolute Gasteiger partial charge is 0.223 e. The van der Waals surface area contributed by atoms with Gasteiger partial charge in [-0.25, -0.2) is 0 Å². The highest BCUT2D eigenvalue weighted by Gasteiger charge is 2.20. The largest absolute Gasteiger partial charge is 0.354 e. The van der Waals surface area contributed by atoms with E-state index < -0.39 is 0 Å². The second kappa shape index (κ2) is 9.80. The highest BCUT2D eigenvalue weighted by Crippen LogP contribution is 2.24. The number of amides is 2. The quantitative estimate of drug-likeness (QED) is 0.463. The summed E-state index contributed by atoms with van der Waals surface area (Å²) < 4.78 is 2.34. The molecule has 0 aromatic carbocycles. The van der Waals surface area contributed by atoms with Crippen LogP contribution in [0.1, 0.15) is 38.5 Å². The Morgan fingerprint density at radius 2 is 2.04 bits per heavy atom. The first-order valence-corrected chi connectivity index (χ1v) is 10.7. The van der Waals surface area contributed by atoms with Crippen molar-refractivity contribution in [1.29, 1.82) is 0 Å². The number of aromatic amines is 1. The molecule has 1 aliphatic rings. The summed E-state index contributed by atoms with van der Waals surface area (Å²) in [5.41, 5.74) is 0. The van der Waals surface area contributed by atoms with Crippen molar-refractivity contribution in [3.8, 4) is 10.7 Å².